The minimum atomic E-state index is 0.243. The molecule has 0 aliphatic carbocycles. The van der Waals surface area contributed by atoms with Crippen LogP contribution in [0.1, 0.15) is 11.1 Å². The van der Waals surface area contributed by atoms with Crippen LogP contribution in [0.25, 0.3) is 0 Å². The lowest BCUT2D eigenvalue weighted by molar-refractivity contribution is 0.474. The van der Waals surface area contributed by atoms with E-state index >= 15 is 0 Å². The number of nitrogens with zero attached hydrogens (tertiary/aromatic N) is 1. The van der Waals surface area contributed by atoms with Gasteiger partial charge in [-0.2, -0.15) is 5.26 Å². The largest absolute Gasteiger partial charge is 0.508 e. The first-order chi connectivity index (χ1) is 8.69. The molecule has 0 saturated heterocycles. The van der Waals surface area contributed by atoms with Crippen molar-refractivity contribution in [3.63, 3.8) is 0 Å². The molecule has 0 fully saturated rings. The minimum Gasteiger partial charge on any atom is -0.508 e. The number of hydrogen-bond acceptors (Lipinski definition) is 3. The van der Waals surface area contributed by atoms with Gasteiger partial charge in [0.15, 0.2) is 0 Å². The van der Waals surface area contributed by atoms with Gasteiger partial charge in [-0.1, -0.05) is 23.7 Å². The fraction of sp³-hybridized carbons (Fsp3) is 0.0714. The van der Waals surface area contributed by atoms with E-state index in [-0.39, 0.29) is 5.75 Å². The summed E-state index contributed by atoms with van der Waals surface area (Å²) >= 11 is 5.93. The molecule has 18 heavy (non-hydrogen) atoms. The van der Waals surface area contributed by atoms with Crippen LogP contribution >= 0.6 is 11.6 Å². The van der Waals surface area contributed by atoms with Crippen molar-refractivity contribution in [1.29, 1.82) is 5.26 Å². The molecule has 0 bridgehead atoms. The molecule has 0 radical (unpaired) electrons. The first-order valence-electron chi connectivity index (χ1n) is 5.40. The summed E-state index contributed by atoms with van der Waals surface area (Å²) in [5.41, 5.74) is 2.26. The highest BCUT2D eigenvalue weighted by Gasteiger charge is 2.01. The van der Waals surface area contributed by atoms with Crippen molar-refractivity contribution in [2.24, 2.45) is 0 Å². The predicted octanol–water partition coefficient (Wildman–Crippen LogP) is 3.53. The van der Waals surface area contributed by atoms with Crippen molar-refractivity contribution in [2.45, 2.75) is 6.54 Å². The zero-order valence-corrected chi connectivity index (χ0v) is 10.3. The Morgan fingerprint density at radius 2 is 2.06 bits per heavy atom. The molecule has 2 aromatic carbocycles. The predicted molar refractivity (Wildman–Crippen MR) is 71.6 cm³/mol. The van der Waals surface area contributed by atoms with E-state index in [2.05, 4.69) is 5.32 Å². The van der Waals surface area contributed by atoms with Crippen molar-refractivity contribution in [3.05, 3.63) is 58.6 Å². The van der Waals surface area contributed by atoms with Gasteiger partial charge < -0.3 is 10.4 Å². The van der Waals surface area contributed by atoms with Gasteiger partial charge in [0.1, 0.15) is 11.8 Å². The van der Waals surface area contributed by atoms with Gasteiger partial charge in [-0.3, -0.25) is 0 Å². The molecule has 0 heterocycles. The third-order valence-electron chi connectivity index (χ3n) is 2.50. The summed E-state index contributed by atoms with van der Waals surface area (Å²) in [6.45, 7) is 0.580. The van der Waals surface area contributed by atoms with Gasteiger partial charge in [-0.15, -0.1) is 0 Å². The Morgan fingerprint density at radius 3 is 2.72 bits per heavy atom. The summed E-state index contributed by atoms with van der Waals surface area (Å²) in [5, 5.41) is 21.7. The Kier molecular flexibility index (Phi) is 3.71. The van der Waals surface area contributed by atoms with Crippen molar-refractivity contribution < 1.29 is 5.11 Å². The first kappa shape index (κ1) is 12.3. The zero-order valence-electron chi connectivity index (χ0n) is 9.52. The van der Waals surface area contributed by atoms with Gasteiger partial charge in [0, 0.05) is 12.2 Å². The molecule has 0 unspecified atom stereocenters. The van der Waals surface area contributed by atoms with Crippen LogP contribution in [-0.2, 0) is 6.54 Å². The third kappa shape index (κ3) is 2.93. The number of anilines is 1. The van der Waals surface area contributed by atoms with Crippen LogP contribution in [-0.4, -0.2) is 5.11 Å². The molecule has 3 nitrogen and oxygen atoms in total. The summed E-state index contributed by atoms with van der Waals surface area (Å²) in [5.74, 6) is 0.243. The topological polar surface area (TPSA) is 56.0 Å². The van der Waals surface area contributed by atoms with Crippen molar-refractivity contribution in [2.75, 3.05) is 5.32 Å². The molecule has 0 aromatic heterocycles. The Hall–Kier alpha value is -2.18. The molecule has 90 valence electrons. The van der Waals surface area contributed by atoms with Gasteiger partial charge in [0.2, 0.25) is 0 Å². The van der Waals surface area contributed by atoms with Crippen LogP contribution in [0.15, 0.2) is 42.5 Å². The maximum atomic E-state index is 9.34. The number of benzene rings is 2. The van der Waals surface area contributed by atoms with E-state index in [9.17, 15) is 5.11 Å². The molecule has 2 N–H and O–H groups in total. The Bertz CT molecular complexity index is 605. The van der Waals surface area contributed by atoms with Gasteiger partial charge in [-0.25, -0.2) is 0 Å². The van der Waals surface area contributed by atoms with Crippen molar-refractivity contribution in [1.82, 2.24) is 0 Å². The van der Waals surface area contributed by atoms with Gasteiger partial charge in [0.25, 0.3) is 0 Å². The molecular weight excluding hydrogens is 248 g/mol. The number of nitriles is 1. The smallest absolute Gasteiger partial charge is 0.115 e. The average Bonchev–Trinajstić information content (AvgIpc) is 2.37. The molecular formula is C14H11ClN2O. The van der Waals surface area contributed by atoms with E-state index < -0.39 is 0 Å². The first-order valence-corrected chi connectivity index (χ1v) is 5.78. The van der Waals surface area contributed by atoms with E-state index in [0.717, 1.165) is 11.3 Å². The second-order valence-corrected chi connectivity index (χ2v) is 4.24. The Balaban J connectivity index is 2.07. The summed E-state index contributed by atoms with van der Waals surface area (Å²) in [4.78, 5) is 0. The Labute approximate surface area is 110 Å². The van der Waals surface area contributed by atoms with E-state index in [1.807, 2.05) is 12.1 Å². The van der Waals surface area contributed by atoms with Gasteiger partial charge in [-0.05, 0) is 35.9 Å². The second kappa shape index (κ2) is 5.44. The zero-order chi connectivity index (χ0) is 13.0. The average molecular weight is 259 g/mol. The van der Waals surface area contributed by atoms with E-state index in [1.165, 1.54) is 0 Å². The normalized spacial score (nSPS) is 9.78. The molecule has 0 aliphatic heterocycles. The van der Waals surface area contributed by atoms with Crippen LogP contribution in [0.4, 0.5) is 5.69 Å². The van der Waals surface area contributed by atoms with Crippen molar-refractivity contribution >= 4 is 17.3 Å². The lowest BCUT2D eigenvalue weighted by Gasteiger charge is -2.07. The number of halogens is 1. The van der Waals surface area contributed by atoms with E-state index in [4.69, 9.17) is 16.9 Å². The van der Waals surface area contributed by atoms with Crippen LogP contribution in [0, 0.1) is 11.3 Å². The monoisotopic (exact) mass is 258 g/mol. The third-order valence-corrected chi connectivity index (χ3v) is 2.81. The van der Waals surface area contributed by atoms with Crippen molar-refractivity contribution in [3.8, 4) is 11.8 Å². The fourth-order valence-electron chi connectivity index (χ4n) is 1.59. The molecule has 4 heteroatoms. The number of rotatable bonds is 3. The maximum absolute atomic E-state index is 9.34. The van der Waals surface area contributed by atoms with Crippen LogP contribution in [0.5, 0.6) is 5.75 Å². The molecule has 2 rings (SSSR count). The summed E-state index contributed by atoms with van der Waals surface area (Å²) < 4.78 is 0. The molecule has 0 amide bonds. The highest BCUT2D eigenvalue weighted by atomic mass is 35.5. The number of phenolic OH excluding ortho intramolecular Hbond substituents is 1. The summed E-state index contributed by atoms with van der Waals surface area (Å²) in [6.07, 6.45) is 0. The highest BCUT2D eigenvalue weighted by molar-refractivity contribution is 6.32. The summed E-state index contributed by atoms with van der Waals surface area (Å²) in [6, 6.07) is 14.2. The van der Waals surface area contributed by atoms with E-state index in [0.29, 0.717) is 17.1 Å². The number of aromatic hydroxyl groups is 1. The standard InChI is InChI=1S/C14H11ClN2O/c15-14-7-12(5-4-11(14)8-16)17-9-10-2-1-3-13(18)6-10/h1-7,17-18H,9H2. The van der Waals surface area contributed by atoms with Crippen LogP contribution in [0.3, 0.4) is 0 Å². The number of hydrogen-bond donors (Lipinski definition) is 2. The molecule has 0 saturated carbocycles. The fourth-order valence-corrected chi connectivity index (χ4v) is 1.81. The highest BCUT2D eigenvalue weighted by Crippen LogP contribution is 2.21. The number of phenols is 1. The van der Waals surface area contributed by atoms with Crippen LogP contribution < -0.4 is 5.32 Å². The SMILES string of the molecule is N#Cc1ccc(NCc2cccc(O)c2)cc1Cl. The second-order valence-electron chi connectivity index (χ2n) is 3.83. The lowest BCUT2D eigenvalue weighted by Crippen LogP contribution is -1.99. The van der Waals surface area contributed by atoms with Crippen LogP contribution in [0.2, 0.25) is 5.02 Å². The quantitative estimate of drug-likeness (QED) is 0.886. The number of nitrogens with one attached hydrogen (secondary N) is 1. The lowest BCUT2D eigenvalue weighted by atomic mass is 10.2. The molecule has 0 atom stereocenters. The van der Waals surface area contributed by atoms with E-state index in [1.54, 1.807) is 36.4 Å². The summed E-state index contributed by atoms with van der Waals surface area (Å²) in [7, 11) is 0. The Morgan fingerprint density at radius 1 is 1.22 bits per heavy atom. The molecule has 0 spiro atoms. The molecule has 2 aromatic rings. The maximum Gasteiger partial charge on any atom is 0.115 e. The minimum absolute atomic E-state index is 0.243. The van der Waals surface area contributed by atoms with Gasteiger partial charge in [0.05, 0.1) is 10.6 Å². The van der Waals surface area contributed by atoms with Gasteiger partial charge >= 0.3 is 0 Å². The molecule has 0 aliphatic rings.